The average Bonchev–Trinajstić information content (AvgIpc) is 3.48. The molecule has 0 amide bonds. The van der Waals surface area contributed by atoms with Crippen molar-refractivity contribution < 1.29 is 22.1 Å². The van der Waals surface area contributed by atoms with E-state index >= 15 is 0 Å². The molecule has 7 nitrogen and oxygen atoms in total. The minimum Gasteiger partial charge on any atom is -0.469 e. The van der Waals surface area contributed by atoms with Gasteiger partial charge in [0.25, 0.3) is 0 Å². The third-order valence-corrected chi connectivity index (χ3v) is 8.70. The first-order valence-electron chi connectivity index (χ1n) is 12.3. The average molecular weight is 542 g/mol. The van der Waals surface area contributed by atoms with Crippen LogP contribution in [0.4, 0.5) is 13.2 Å². The van der Waals surface area contributed by atoms with Crippen molar-refractivity contribution in [3.63, 3.8) is 0 Å². The van der Waals surface area contributed by atoms with Crippen molar-refractivity contribution in [1.29, 1.82) is 0 Å². The Morgan fingerprint density at radius 1 is 1.08 bits per heavy atom. The van der Waals surface area contributed by atoms with E-state index in [1.165, 1.54) is 6.20 Å². The van der Waals surface area contributed by atoms with Gasteiger partial charge in [0, 0.05) is 18.9 Å². The van der Waals surface area contributed by atoms with Gasteiger partial charge in [-0.05, 0) is 85.5 Å². The van der Waals surface area contributed by atoms with E-state index in [4.69, 9.17) is 4.74 Å². The summed E-state index contributed by atoms with van der Waals surface area (Å²) in [6, 6.07) is 9.69. The van der Waals surface area contributed by atoms with Crippen molar-refractivity contribution in [3.05, 3.63) is 81.9 Å². The molecule has 0 saturated heterocycles. The monoisotopic (exact) mass is 541 g/mol. The molecule has 3 aromatic heterocycles. The van der Waals surface area contributed by atoms with E-state index in [0.29, 0.717) is 35.8 Å². The molecule has 0 radical (unpaired) electrons. The molecule has 1 fully saturated rings. The molecule has 4 aromatic rings. The van der Waals surface area contributed by atoms with Crippen LogP contribution in [0.5, 0.6) is 5.88 Å². The Labute approximate surface area is 220 Å². The SMILES string of the molecule is Cc1cnc2c(c1)S(=O)N(Cc1cc(Cc3ccn4c(C(F)(F)F)nnc4c3C)ccc1C)CC1(CC1)O2. The quantitative estimate of drug-likeness (QED) is 0.359. The van der Waals surface area contributed by atoms with E-state index in [-0.39, 0.29) is 11.2 Å². The number of pyridine rings is 2. The molecule has 11 heteroatoms. The van der Waals surface area contributed by atoms with E-state index in [1.807, 2.05) is 36.4 Å². The predicted octanol–water partition coefficient (Wildman–Crippen LogP) is 5.11. The highest BCUT2D eigenvalue weighted by atomic mass is 32.2. The molecule has 0 N–H and O–H groups in total. The Bertz CT molecular complexity index is 1600. The maximum Gasteiger partial charge on any atom is 0.452 e. The molecule has 2 aliphatic rings. The number of ether oxygens (including phenoxy) is 1. The van der Waals surface area contributed by atoms with Crippen LogP contribution in [0.2, 0.25) is 0 Å². The summed E-state index contributed by atoms with van der Waals surface area (Å²) in [6.45, 7) is 6.72. The highest BCUT2D eigenvalue weighted by Gasteiger charge is 2.50. The van der Waals surface area contributed by atoms with Gasteiger partial charge in [0.2, 0.25) is 11.7 Å². The van der Waals surface area contributed by atoms with Gasteiger partial charge < -0.3 is 4.74 Å². The lowest BCUT2D eigenvalue weighted by atomic mass is 9.98. The zero-order valence-electron chi connectivity index (χ0n) is 21.2. The molecule has 1 atom stereocenters. The molecular formula is C27H26F3N5O2S. The molecule has 38 heavy (non-hydrogen) atoms. The lowest BCUT2D eigenvalue weighted by molar-refractivity contribution is -0.145. The summed E-state index contributed by atoms with van der Waals surface area (Å²) >= 11 is 0. The van der Waals surface area contributed by atoms with Gasteiger partial charge in [0.05, 0.1) is 6.54 Å². The normalized spacial score (nSPS) is 18.8. The molecule has 1 aliphatic carbocycles. The standard InChI is InChI=1S/C27H26F3N5O2S/c1-16-10-22-24(31-13-16)37-26(7-8-26)15-34(38(22)36)14-21-12-19(5-4-17(21)2)11-20-6-9-35-23(18(20)3)32-33-25(35)27(28,29)30/h4-6,9-10,12-13H,7-8,11,14-15H2,1-3H3. The number of aryl methyl sites for hydroxylation is 3. The Kier molecular flexibility index (Phi) is 5.84. The summed E-state index contributed by atoms with van der Waals surface area (Å²) in [7, 11) is -1.43. The van der Waals surface area contributed by atoms with Crippen molar-refractivity contribution >= 4 is 16.6 Å². The number of halogens is 3. The number of nitrogens with zero attached hydrogens (tertiary/aromatic N) is 5. The minimum atomic E-state index is -4.58. The molecule has 0 bridgehead atoms. The molecular weight excluding hydrogens is 515 g/mol. The molecule has 198 valence electrons. The van der Waals surface area contributed by atoms with Gasteiger partial charge in [-0.25, -0.2) is 13.5 Å². The van der Waals surface area contributed by atoms with Crippen molar-refractivity contribution in [2.45, 2.75) is 63.3 Å². The number of fused-ring (bicyclic) bond motifs is 2. The molecule has 1 unspecified atom stereocenters. The topological polar surface area (TPSA) is 72.6 Å². The molecule has 1 aromatic carbocycles. The van der Waals surface area contributed by atoms with Crippen molar-refractivity contribution in [1.82, 2.24) is 23.9 Å². The van der Waals surface area contributed by atoms with Gasteiger partial charge in [-0.15, -0.1) is 10.2 Å². The maximum atomic E-state index is 13.7. The first-order valence-corrected chi connectivity index (χ1v) is 13.4. The highest BCUT2D eigenvalue weighted by molar-refractivity contribution is 7.82. The van der Waals surface area contributed by atoms with Crippen LogP contribution < -0.4 is 4.74 Å². The van der Waals surface area contributed by atoms with Gasteiger partial charge in [0.15, 0.2) is 5.65 Å². The zero-order chi connectivity index (χ0) is 26.8. The van der Waals surface area contributed by atoms with E-state index in [1.54, 1.807) is 19.2 Å². The van der Waals surface area contributed by atoms with E-state index in [0.717, 1.165) is 45.1 Å². The van der Waals surface area contributed by atoms with Crippen LogP contribution in [-0.2, 0) is 30.1 Å². The molecule has 1 aliphatic heterocycles. The second kappa shape index (κ2) is 8.88. The number of hydrogen-bond acceptors (Lipinski definition) is 5. The molecule has 6 rings (SSSR count). The van der Waals surface area contributed by atoms with Gasteiger partial charge in [-0.1, -0.05) is 18.2 Å². The van der Waals surface area contributed by atoms with Gasteiger partial charge in [-0.3, -0.25) is 4.40 Å². The minimum absolute atomic E-state index is 0.194. The second-order valence-electron chi connectivity index (χ2n) is 10.3. The first kappa shape index (κ1) is 25.0. The summed E-state index contributed by atoms with van der Waals surface area (Å²) in [4.78, 5) is 5.01. The van der Waals surface area contributed by atoms with E-state index < -0.39 is 23.0 Å². The third-order valence-electron chi connectivity index (χ3n) is 7.31. The van der Waals surface area contributed by atoms with E-state index in [2.05, 4.69) is 21.2 Å². The smallest absolute Gasteiger partial charge is 0.452 e. The summed E-state index contributed by atoms with van der Waals surface area (Å²) in [5.74, 6) is -0.581. The van der Waals surface area contributed by atoms with Crippen LogP contribution in [0.3, 0.4) is 0 Å². The summed E-state index contributed by atoms with van der Waals surface area (Å²) in [6.07, 6.45) is 0.846. The molecule has 1 spiro atoms. The summed E-state index contributed by atoms with van der Waals surface area (Å²) in [5.41, 5.74) is 5.40. The Morgan fingerprint density at radius 2 is 1.87 bits per heavy atom. The number of rotatable bonds is 4. The van der Waals surface area contributed by atoms with Gasteiger partial charge >= 0.3 is 6.18 Å². The van der Waals surface area contributed by atoms with E-state index in [9.17, 15) is 17.4 Å². The predicted molar refractivity (Wildman–Crippen MR) is 135 cm³/mol. The lowest BCUT2D eigenvalue weighted by Crippen LogP contribution is -2.35. The number of aromatic nitrogens is 4. The maximum absolute atomic E-state index is 13.7. The largest absolute Gasteiger partial charge is 0.469 e. The lowest BCUT2D eigenvalue weighted by Gasteiger charge is -2.23. The van der Waals surface area contributed by atoms with Gasteiger partial charge in [-0.2, -0.15) is 13.2 Å². The van der Waals surface area contributed by atoms with Crippen LogP contribution in [0, 0.1) is 20.8 Å². The fourth-order valence-corrected chi connectivity index (χ4v) is 6.34. The van der Waals surface area contributed by atoms with Crippen LogP contribution in [0.15, 0.2) is 47.6 Å². The second-order valence-corrected chi connectivity index (χ2v) is 11.7. The van der Waals surface area contributed by atoms with Crippen LogP contribution in [0.1, 0.15) is 52.0 Å². The molecule has 4 heterocycles. The number of benzene rings is 1. The summed E-state index contributed by atoms with van der Waals surface area (Å²) < 4.78 is 62.6. The van der Waals surface area contributed by atoms with Crippen molar-refractivity contribution in [2.75, 3.05) is 6.54 Å². The third kappa shape index (κ3) is 4.47. The fourth-order valence-electron chi connectivity index (χ4n) is 4.92. The molecule has 1 saturated carbocycles. The van der Waals surface area contributed by atoms with Crippen LogP contribution >= 0.6 is 0 Å². The van der Waals surface area contributed by atoms with Crippen molar-refractivity contribution in [2.24, 2.45) is 0 Å². The zero-order valence-corrected chi connectivity index (χ0v) is 22.0. The Balaban J connectivity index is 1.29. The van der Waals surface area contributed by atoms with Crippen LogP contribution in [0.25, 0.3) is 5.65 Å². The van der Waals surface area contributed by atoms with Crippen LogP contribution in [-0.4, -0.2) is 40.2 Å². The van der Waals surface area contributed by atoms with Crippen molar-refractivity contribution in [3.8, 4) is 5.88 Å². The summed E-state index contributed by atoms with van der Waals surface area (Å²) in [5, 5.41) is 7.15. The number of alkyl halides is 3. The number of hydrogen-bond donors (Lipinski definition) is 0. The Morgan fingerprint density at radius 3 is 2.61 bits per heavy atom. The van der Waals surface area contributed by atoms with Gasteiger partial charge in [0.1, 0.15) is 21.5 Å². The Hall–Kier alpha value is -3.31. The highest BCUT2D eigenvalue weighted by Crippen LogP contribution is 2.45. The first-order chi connectivity index (χ1) is 18.0. The fraction of sp³-hybridized carbons (Fsp3) is 0.370.